The van der Waals surface area contributed by atoms with Gasteiger partial charge < -0.3 is 11.1 Å². The van der Waals surface area contributed by atoms with E-state index in [9.17, 15) is 13.2 Å². The van der Waals surface area contributed by atoms with E-state index in [1.165, 1.54) is 0 Å². The standard InChI is InChI=1S/C12H15F3N4/c1-7(2)9(6-17)18-11-8(5-16)3-4-10(19-11)12(13,14)15/h3-4,7,9H,6,17H2,1-2H3,(H,18,19). The zero-order chi connectivity index (χ0) is 14.6. The molecular formula is C12H15F3N4. The lowest BCUT2D eigenvalue weighted by Crippen LogP contribution is -2.34. The highest BCUT2D eigenvalue weighted by Crippen LogP contribution is 2.29. The lowest BCUT2D eigenvalue weighted by atomic mass is 10.0. The van der Waals surface area contributed by atoms with Gasteiger partial charge in [-0.15, -0.1) is 0 Å². The van der Waals surface area contributed by atoms with Crippen molar-refractivity contribution in [2.75, 3.05) is 11.9 Å². The Morgan fingerprint density at radius 3 is 2.47 bits per heavy atom. The van der Waals surface area contributed by atoms with E-state index in [1.54, 1.807) is 0 Å². The Bertz CT molecular complexity index is 477. The summed E-state index contributed by atoms with van der Waals surface area (Å²) >= 11 is 0. The largest absolute Gasteiger partial charge is 0.433 e. The second-order valence-electron chi connectivity index (χ2n) is 4.43. The van der Waals surface area contributed by atoms with Crippen molar-refractivity contribution in [1.29, 1.82) is 5.26 Å². The highest BCUT2D eigenvalue weighted by atomic mass is 19.4. The van der Waals surface area contributed by atoms with Crippen LogP contribution in [-0.2, 0) is 6.18 Å². The first-order chi connectivity index (χ1) is 8.79. The maximum Gasteiger partial charge on any atom is 0.433 e. The van der Waals surface area contributed by atoms with Crippen LogP contribution in [0, 0.1) is 17.2 Å². The predicted octanol–water partition coefficient (Wildman–Crippen LogP) is 2.37. The first-order valence-corrected chi connectivity index (χ1v) is 5.74. The lowest BCUT2D eigenvalue weighted by molar-refractivity contribution is -0.141. The van der Waals surface area contributed by atoms with Crippen LogP contribution in [0.25, 0.3) is 0 Å². The molecule has 3 N–H and O–H groups in total. The van der Waals surface area contributed by atoms with Crippen molar-refractivity contribution in [3.63, 3.8) is 0 Å². The Labute approximate surface area is 109 Å². The summed E-state index contributed by atoms with van der Waals surface area (Å²) in [4.78, 5) is 3.47. The monoisotopic (exact) mass is 272 g/mol. The third-order valence-electron chi connectivity index (χ3n) is 2.69. The Balaban J connectivity index is 3.14. The summed E-state index contributed by atoms with van der Waals surface area (Å²) in [7, 11) is 0. The normalized spacial score (nSPS) is 13.2. The number of rotatable bonds is 4. The van der Waals surface area contributed by atoms with E-state index in [-0.39, 0.29) is 29.9 Å². The maximum atomic E-state index is 12.6. The number of anilines is 1. The van der Waals surface area contributed by atoms with Crippen molar-refractivity contribution in [3.8, 4) is 6.07 Å². The Hall–Kier alpha value is -1.81. The van der Waals surface area contributed by atoms with Gasteiger partial charge in [0.05, 0.1) is 5.56 Å². The molecule has 0 saturated carbocycles. The molecule has 0 radical (unpaired) electrons. The number of hydrogen-bond donors (Lipinski definition) is 2. The van der Waals surface area contributed by atoms with Gasteiger partial charge in [-0.3, -0.25) is 0 Å². The molecule has 1 rings (SSSR count). The van der Waals surface area contributed by atoms with Crippen molar-refractivity contribution in [1.82, 2.24) is 4.98 Å². The van der Waals surface area contributed by atoms with Gasteiger partial charge in [0.1, 0.15) is 17.6 Å². The second kappa shape index (κ2) is 5.89. The first kappa shape index (κ1) is 15.2. The summed E-state index contributed by atoms with van der Waals surface area (Å²) < 4.78 is 37.8. The molecule has 1 unspecified atom stereocenters. The summed E-state index contributed by atoms with van der Waals surface area (Å²) in [6.45, 7) is 3.99. The quantitative estimate of drug-likeness (QED) is 0.882. The molecule has 0 fully saturated rings. The molecule has 0 aliphatic rings. The topological polar surface area (TPSA) is 74.7 Å². The molecule has 0 aromatic carbocycles. The predicted molar refractivity (Wildman–Crippen MR) is 65.3 cm³/mol. The fourth-order valence-corrected chi connectivity index (χ4v) is 1.49. The number of aromatic nitrogens is 1. The highest BCUT2D eigenvalue weighted by molar-refractivity contribution is 5.53. The lowest BCUT2D eigenvalue weighted by Gasteiger charge is -2.22. The van der Waals surface area contributed by atoms with E-state index in [2.05, 4.69) is 10.3 Å². The van der Waals surface area contributed by atoms with Gasteiger partial charge in [0.25, 0.3) is 0 Å². The third-order valence-corrected chi connectivity index (χ3v) is 2.69. The Kier molecular flexibility index (Phi) is 4.72. The zero-order valence-electron chi connectivity index (χ0n) is 10.6. The van der Waals surface area contributed by atoms with E-state index < -0.39 is 11.9 Å². The SMILES string of the molecule is CC(C)C(CN)Nc1nc(C(F)(F)F)ccc1C#N. The number of halogens is 3. The van der Waals surface area contributed by atoms with Gasteiger partial charge in [0.15, 0.2) is 0 Å². The minimum absolute atomic E-state index is 0.0621. The van der Waals surface area contributed by atoms with Crippen LogP contribution >= 0.6 is 0 Å². The second-order valence-corrected chi connectivity index (χ2v) is 4.43. The van der Waals surface area contributed by atoms with Gasteiger partial charge in [-0.2, -0.15) is 18.4 Å². The Morgan fingerprint density at radius 2 is 2.05 bits per heavy atom. The van der Waals surface area contributed by atoms with Crippen molar-refractivity contribution in [3.05, 3.63) is 23.4 Å². The summed E-state index contributed by atoms with van der Waals surface area (Å²) in [5.74, 6) is 0.0226. The molecule has 104 valence electrons. The summed E-state index contributed by atoms with van der Waals surface area (Å²) in [6.07, 6.45) is -4.54. The molecule has 1 aromatic rings. The summed E-state index contributed by atoms with van der Waals surface area (Å²) in [5, 5.41) is 11.7. The van der Waals surface area contributed by atoms with Gasteiger partial charge in [-0.25, -0.2) is 4.98 Å². The van der Waals surface area contributed by atoms with Crippen LogP contribution in [-0.4, -0.2) is 17.6 Å². The van der Waals surface area contributed by atoms with Crippen LogP contribution in [0.15, 0.2) is 12.1 Å². The van der Waals surface area contributed by atoms with E-state index in [0.29, 0.717) is 0 Å². The Morgan fingerprint density at radius 1 is 1.42 bits per heavy atom. The minimum Gasteiger partial charge on any atom is -0.365 e. The van der Waals surface area contributed by atoms with Gasteiger partial charge in [-0.05, 0) is 18.1 Å². The molecule has 4 nitrogen and oxygen atoms in total. The number of nitriles is 1. The number of nitrogens with zero attached hydrogens (tertiary/aromatic N) is 2. The molecule has 0 aliphatic carbocycles. The molecule has 7 heteroatoms. The summed E-state index contributed by atoms with van der Waals surface area (Å²) in [5.41, 5.74) is 4.57. The van der Waals surface area contributed by atoms with Crippen LogP contribution in [0.1, 0.15) is 25.1 Å². The number of nitrogens with one attached hydrogen (secondary N) is 1. The molecule has 19 heavy (non-hydrogen) atoms. The highest BCUT2D eigenvalue weighted by Gasteiger charge is 2.33. The van der Waals surface area contributed by atoms with Crippen molar-refractivity contribution in [2.24, 2.45) is 11.7 Å². The zero-order valence-corrected chi connectivity index (χ0v) is 10.6. The van der Waals surface area contributed by atoms with Gasteiger partial charge in [0.2, 0.25) is 0 Å². The third kappa shape index (κ3) is 3.83. The van der Waals surface area contributed by atoms with Crippen LogP contribution in [0.2, 0.25) is 0 Å². The van der Waals surface area contributed by atoms with Crippen molar-refractivity contribution >= 4 is 5.82 Å². The minimum atomic E-state index is -4.54. The van der Waals surface area contributed by atoms with E-state index >= 15 is 0 Å². The first-order valence-electron chi connectivity index (χ1n) is 5.74. The van der Waals surface area contributed by atoms with Crippen molar-refractivity contribution < 1.29 is 13.2 Å². The molecule has 0 aliphatic heterocycles. The molecule has 1 heterocycles. The van der Waals surface area contributed by atoms with Crippen LogP contribution < -0.4 is 11.1 Å². The molecule has 0 amide bonds. The van der Waals surface area contributed by atoms with Crippen LogP contribution in [0.5, 0.6) is 0 Å². The number of pyridine rings is 1. The molecular weight excluding hydrogens is 257 g/mol. The average Bonchev–Trinajstić information content (AvgIpc) is 2.34. The average molecular weight is 272 g/mol. The fraction of sp³-hybridized carbons (Fsp3) is 0.500. The van der Waals surface area contributed by atoms with Gasteiger partial charge in [-0.1, -0.05) is 13.8 Å². The van der Waals surface area contributed by atoms with Gasteiger partial charge >= 0.3 is 6.18 Å². The number of hydrogen-bond acceptors (Lipinski definition) is 4. The number of nitrogens with two attached hydrogens (primary N) is 1. The molecule has 0 saturated heterocycles. The molecule has 0 bridgehead atoms. The van der Waals surface area contributed by atoms with Crippen LogP contribution in [0.3, 0.4) is 0 Å². The van der Waals surface area contributed by atoms with E-state index in [1.807, 2.05) is 19.9 Å². The molecule has 0 spiro atoms. The summed E-state index contributed by atoms with van der Waals surface area (Å²) in [6, 6.07) is 3.45. The van der Waals surface area contributed by atoms with Crippen LogP contribution in [0.4, 0.5) is 19.0 Å². The number of alkyl halides is 3. The molecule has 1 atom stereocenters. The maximum absolute atomic E-state index is 12.6. The fourth-order valence-electron chi connectivity index (χ4n) is 1.49. The van der Waals surface area contributed by atoms with E-state index in [4.69, 9.17) is 11.0 Å². The molecule has 1 aromatic heterocycles. The smallest absolute Gasteiger partial charge is 0.365 e. The van der Waals surface area contributed by atoms with Crippen molar-refractivity contribution in [2.45, 2.75) is 26.1 Å². The van der Waals surface area contributed by atoms with Gasteiger partial charge in [0, 0.05) is 12.6 Å². The van der Waals surface area contributed by atoms with E-state index in [0.717, 1.165) is 12.1 Å².